The van der Waals surface area contributed by atoms with E-state index in [2.05, 4.69) is 25.2 Å². The summed E-state index contributed by atoms with van der Waals surface area (Å²) in [6.45, 7) is 6.97. The van der Waals surface area contributed by atoms with Gasteiger partial charge in [-0.05, 0) is 63.4 Å². The van der Waals surface area contributed by atoms with E-state index < -0.39 is 0 Å². The van der Waals surface area contributed by atoms with E-state index in [1.165, 1.54) is 6.42 Å². The third-order valence-electron chi connectivity index (χ3n) is 6.51. The Bertz CT molecular complexity index is 1350. The van der Waals surface area contributed by atoms with E-state index in [-0.39, 0.29) is 5.91 Å². The Hall–Kier alpha value is -3.94. The van der Waals surface area contributed by atoms with Crippen LogP contribution in [0.2, 0.25) is 0 Å². The second-order valence-corrected chi connectivity index (χ2v) is 9.01. The summed E-state index contributed by atoms with van der Waals surface area (Å²) in [6.07, 6.45) is 4.44. The first kappa shape index (κ1) is 22.8. The molecule has 0 atom stereocenters. The monoisotopic (exact) mass is 471 g/mol. The fourth-order valence-electron chi connectivity index (χ4n) is 4.38. The van der Waals surface area contributed by atoms with Crippen LogP contribution in [0.4, 0.5) is 5.69 Å². The average molecular weight is 472 g/mol. The van der Waals surface area contributed by atoms with Gasteiger partial charge in [0.25, 0.3) is 5.91 Å². The molecule has 0 aliphatic carbocycles. The predicted octanol–water partition coefficient (Wildman–Crippen LogP) is 5.42. The van der Waals surface area contributed by atoms with Gasteiger partial charge in [-0.1, -0.05) is 29.8 Å². The fraction of sp³-hybridized carbons (Fsp3) is 0.333. The minimum absolute atomic E-state index is 0.201. The Morgan fingerprint density at radius 3 is 2.80 bits per heavy atom. The zero-order valence-electron chi connectivity index (χ0n) is 20.3. The van der Waals surface area contributed by atoms with Crippen molar-refractivity contribution in [2.24, 2.45) is 0 Å². The summed E-state index contributed by atoms with van der Waals surface area (Å²) in [4.78, 5) is 13.1. The number of fused-ring (bicyclic) bond motifs is 1. The normalized spacial score (nSPS) is 13.2. The number of rotatable bonds is 6. The van der Waals surface area contributed by atoms with Crippen LogP contribution in [0.25, 0.3) is 11.4 Å². The summed E-state index contributed by atoms with van der Waals surface area (Å²) in [6, 6.07) is 13.2. The average Bonchev–Trinajstić information content (AvgIpc) is 3.31. The summed E-state index contributed by atoms with van der Waals surface area (Å²) in [7, 11) is 0. The van der Waals surface area contributed by atoms with Crippen LogP contribution in [0, 0.1) is 20.8 Å². The number of anilines is 1. The van der Waals surface area contributed by atoms with Crippen molar-refractivity contribution >= 4 is 11.6 Å². The Kier molecular flexibility index (Phi) is 6.35. The van der Waals surface area contributed by atoms with Gasteiger partial charge >= 0.3 is 0 Å². The van der Waals surface area contributed by atoms with Gasteiger partial charge in [0.05, 0.1) is 11.3 Å². The maximum absolute atomic E-state index is 13.1. The molecular weight excluding hydrogens is 442 g/mol. The maximum Gasteiger partial charge on any atom is 0.255 e. The SMILES string of the molecule is Cc1ccc(-c2nnc3n2CCCCC3)cc1NC(=O)c1cccc(OCc2c(C)noc2C)c1. The summed E-state index contributed by atoms with van der Waals surface area (Å²) in [5.41, 5.74) is 4.91. The standard InChI is InChI=1S/C27H29N5O3/c1-17-11-12-20(26-30-29-25-10-5-4-6-13-32(25)26)15-24(17)28-27(33)21-8-7-9-22(14-21)34-16-23-18(2)31-35-19(23)3/h7-9,11-12,14-15H,4-6,10,13,16H2,1-3H3,(H,28,33). The molecule has 0 unspecified atom stereocenters. The van der Waals surface area contributed by atoms with E-state index in [4.69, 9.17) is 9.26 Å². The van der Waals surface area contributed by atoms with Gasteiger partial charge in [0, 0.05) is 29.8 Å². The Morgan fingerprint density at radius 2 is 1.97 bits per heavy atom. The van der Waals surface area contributed by atoms with Crippen molar-refractivity contribution in [1.82, 2.24) is 19.9 Å². The van der Waals surface area contributed by atoms with E-state index in [0.29, 0.717) is 17.9 Å². The second kappa shape index (κ2) is 9.74. The molecule has 5 rings (SSSR count). The minimum atomic E-state index is -0.201. The lowest BCUT2D eigenvalue weighted by molar-refractivity contribution is 0.102. The molecule has 0 bridgehead atoms. The molecule has 1 aliphatic heterocycles. The molecule has 1 amide bonds. The number of carbonyl (C=O) groups excluding carboxylic acids is 1. The number of nitrogens with zero attached hydrogens (tertiary/aromatic N) is 4. The van der Waals surface area contributed by atoms with Crippen LogP contribution in [-0.2, 0) is 19.6 Å². The lowest BCUT2D eigenvalue weighted by atomic mass is 10.1. The van der Waals surface area contributed by atoms with Gasteiger partial charge in [-0.2, -0.15) is 0 Å². The molecular formula is C27H29N5O3. The highest BCUT2D eigenvalue weighted by atomic mass is 16.5. The van der Waals surface area contributed by atoms with Crippen LogP contribution >= 0.6 is 0 Å². The summed E-state index contributed by atoms with van der Waals surface area (Å²) >= 11 is 0. The van der Waals surface area contributed by atoms with Crippen LogP contribution in [0.5, 0.6) is 5.75 Å². The third kappa shape index (κ3) is 4.82. The number of aromatic nitrogens is 4. The molecule has 35 heavy (non-hydrogen) atoms. The van der Waals surface area contributed by atoms with Gasteiger partial charge in [-0.25, -0.2) is 0 Å². The molecule has 1 aliphatic rings. The van der Waals surface area contributed by atoms with Crippen molar-refractivity contribution in [3.8, 4) is 17.1 Å². The number of benzene rings is 2. The molecule has 8 nitrogen and oxygen atoms in total. The van der Waals surface area contributed by atoms with Gasteiger partial charge < -0.3 is 19.1 Å². The van der Waals surface area contributed by atoms with Crippen molar-refractivity contribution < 1.29 is 14.1 Å². The number of ether oxygens (including phenoxy) is 1. The van der Waals surface area contributed by atoms with Gasteiger partial charge in [0.1, 0.15) is 23.9 Å². The fourth-order valence-corrected chi connectivity index (χ4v) is 4.38. The second-order valence-electron chi connectivity index (χ2n) is 9.01. The first-order valence-electron chi connectivity index (χ1n) is 12.0. The molecule has 8 heteroatoms. The lowest BCUT2D eigenvalue weighted by Crippen LogP contribution is -2.13. The number of nitrogens with one attached hydrogen (secondary N) is 1. The molecule has 180 valence electrons. The number of amides is 1. The van der Waals surface area contributed by atoms with E-state index in [0.717, 1.165) is 71.3 Å². The Morgan fingerprint density at radius 1 is 1.09 bits per heavy atom. The zero-order chi connectivity index (χ0) is 24.4. The smallest absolute Gasteiger partial charge is 0.255 e. The van der Waals surface area contributed by atoms with Crippen molar-refractivity contribution in [2.45, 2.75) is 59.6 Å². The van der Waals surface area contributed by atoms with E-state index in [1.54, 1.807) is 12.1 Å². The molecule has 2 aromatic carbocycles. The first-order chi connectivity index (χ1) is 17.0. The zero-order valence-corrected chi connectivity index (χ0v) is 20.3. The van der Waals surface area contributed by atoms with Crippen molar-refractivity contribution in [3.63, 3.8) is 0 Å². The molecule has 0 fully saturated rings. The number of aryl methyl sites for hydroxylation is 4. The van der Waals surface area contributed by atoms with Crippen LogP contribution in [-0.4, -0.2) is 25.8 Å². The molecule has 2 aromatic heterocycles. The number of hydrogen-bond donors (Lipinski definition) is 1. The molecule has 3 heterocycles. The van der Waals surface area contributed by atoms with Crippen LogP contribution in [0.1, 0.15) is 58.0 Å². The van der Waals surface area contributed by atoms with Gasteiger partial charge in [0.2, 0.25) is 0 Å². The largest absolute Gasteiger partial charge is 0.489 e. The Labute approximate surface area is 204 Å². The molecule has 0 saturated heterocycles. The van der Waals surface area contributed by atoms with Crippen LogP contribution in [0.3, 0.4) is 0 Å². The highest BCUT2D eigenvalue weighted by molar-refractivity contribution is 6.05. The van der Waals surface area contributed by atoms with Crippen molar-refractivity contribution in [3.05, 3.63) is 76.4 Å². The molecule has 0 saturated carbocycles. The first-order valence-corrected chi connectivity index (χ1v) is 12.0. The number of hydrogen-bond acceptors (Lipinski definition) is 6. The quantitative estimate of drug-likeness (QED) is 0.404. The van der Waals surface area contributed by atoms with Crippen molar-refractivity contribution in [1.29, 1.82) is 0 Å². The molecule has 4 aromatic rings. The summed E-state index contributed by atoms with van der Waals surface area (Å²) < 4.78 is 13.3. The lowest BCUT2D eigenvalue weighted by Gasteiger charge is -2.13. The molecule has 0 radical (unpaired) electrons. The van der Waals surface area contributed by atoms with Crippen LogP contribution in [0.15, 0.2) is 47.0 Å². The van der Waals surface area contributed by atoms with Gasteiger partial charge in [0.15, 0.2) is 5.82 Å². The molecule has 1 N–H and O–H groups in total. The summed E-state index contributed by atoms with van der Waals surface area (Å²) in [5, 5.41) is 15.9. The minimum Gasteiger partial charge on any atom is -0.489 e. The predicted molar refractivity (Wildman–Crippen MR) is 132 cm³/mol. The van der Waals surface area contributed by atoms with Gasteiger partial charge in [-0.15, -0.1) is 10.2 Å². The Balaban J connectivity index is 1.33. The van der Waals surface area contributed by atoms with Crippen LogP contribution < -0.4 is 10.1 Å². The maximum atomic E-state index is 13.1. The topological polar surface area (TPSA) is 95.1 Å². The number of carbonyl (C=O) groups is 1. The van der Waals surface area contributed by atoms with Crippen molar-refractivity contribution in [2.75, 3.05) is 5.32 Å². The van der Waals surface area contributed by atoms with E-state index in [1.807, 2.05) is 51.1 Å². The van der Waals surface area contributed by atoms with E-state index in [9.17, 15) is 4.79 Å². The third-order valence-corrected chi connectivity index (χ3v) is 6.51. The highest BCUT2D eigenvalue weighted by Gasteiger charge is 2.18. The highest BCUT2D eigenvalue weighted by Crippen LogP contribution is 2.27. The molecule has 0 spiro atoms. The van der Waals surface area contributed by atoms with Gasteiger partial charge in [-0.3, -0.25) is 4.79 Å². The summed E-state index contributed by atoms with van der Waals surface area (Å²) in [5.74, 6) is 3.03. The van der Waals surface area contributed by atoms with E-state index >= 15 is 0 Å².